The van der Waals surface area contributed by atoms with Gasteiger partial charge in [-0.15, -0.1) is 0 Å². The number of hydrogen-bond donors (Lipinski definition) is 3. The second-order valence-corrected chi connectivity index (χ2v) is 22.3. The smallest absolute Gasteiger partial charge is 0.264 e. The van der Waals surface area contributed by atoms with Crippen molar-refractivity contribution >= 4 is 46.6 Å². The van der Waals surface area contributed by atoms with Gasteiger partial charge in [-0.05, 0) is 127 Å². The van der Waals surface area contributed by atoms with Gasteiger partial charge in [0.05, 0.1) is 78.0 Å². The summed E-state index contributed by atoms with van der Waals surface area (Å²) in [5, 5.41) is 20.3. The van der Waals surface area contributed by atoms with Crippen molar-refractivity contribution in [3.63, 3.8) is 0 Å². The van der Waals surface area contributed by atoms with E-state index in [1.54, 1.807) is 11.8 Å². The van der Waals surface area contributed by atoms with Gasteiger partial charge < -0.3 is 54.2 Å². The number of nitrogens with one attached hydrogen (secondary N) is 3. The van der Waals surface area contributed by atoms with Crippen LogP contribution >= 0.6 is 11.6 Å². The Hall–Kier alpha value is -5.38. The van der Waals surface area contributed by atoms with Crippen molar-refractivity contribution in [2.24, 2.45) is 29.1 Å². The zero-order chi connectivity index (χ0) is 55.9. The zero-order valence-corrected chi connectivity index (χ0v) is 47.7. The molecule has 3 aliphatic rings. The van der Waals surface area contributed by atoms with Crippen molar-refractivity contribution in [1.82, 2.24) is 15.5 Å². The molecule has 4 amide bonds. The number of rotatable bonds is 28. The van der Waals surface area contributed by atoms with Crippen LogP contribution in [0.4, 0.5) is 11.4 Å². The van der Waals surface area contributed by atoms with Crippen LogP contribution in [0.15, 0.2) is 78.4 Å². The van der Waals surface area contributed by atoms with E-state index >= 15 is 0 Å². The minimum Gasteiger partial charge on any atom is -0.381 e. The van der Waals surface area contributed by atoms with E-state index in [9.17, 15) is 24.4 Å². The number of carbonyl (C=O) groups excluding carboxylic acids is 4. The van der Waals surface area contributed by atoms with E-state index in [2.05, 4.69) is 62.7 Å². The molecule has 3 aromatic rings. The van der Waals surface area contributed by atoms with Gasteiger partial charge in [-0.2, -0.15) is 5.26 Å². The third kappa shape index (κ3) is 19.8. The van der Waals surface area contributed by atoms with Crippen molar-refractivity contribution in [2.75, 3.05) is 116 Å². The lowest BCUT2D eigenvalue weighted by molar-refractivity contribution is -0.135. The Morgan fingerprint density at radius 1 is 0.782 bits per heavy atom. The van der Waals surface area contributed by atoms with Crippen LogP contribution in [0.5, 0.6) is 0 Å². The molecule has 0 saturated carbocycles. The summed E-state index contributed by atoms with van der Waals surface area (Å²) in [5.74, 6) is -0.0430. The van der Waals surface area contributed by atoms with Crippen molar-refractivity contribution in [1.29, 1.82) is 5.26 Å². The van der Waals surface area contributed by atoms with Crippen LogP contribution in [0.2, 0.25) is 5.02 Å². The fourth-order valence-electron chi connectivity index (χ4n) is 10.8. The number of nitriles is 1. The molecule has 0 spiro atoms. The highest BCUT2D eigenvalue weighted by molar-refractivity contribution is 6.30. The fourth-order valence-corrected chi connectivity index (χ4v) is 10.9. The number of benzene rings is 3. The van der Waals surface area contributed by atoms with E-state index < -0.39 is 0 Å². The number of halogens is 1. The quantitative estimate of drug-likeness (QED) is 0.0355. The van der Waals surface area contributed by atoms with Gasteiger partial charge in [0.15, 0.2) is 0 Å². The molecule has 3 heterocycles. The van der Waals surface area contributed by atoms with Gasteiger partial charge in [-0.25, -0.2) is 0 Å². The Morgan fingerprint density at radius 2 is 1.40 bits per heavy atom. The first-order valence-corrected chi connectivity index (χ1v) is 28.5. The predicted octanol–water partition coefficient (Wildman–Crippen LogP) is 9.43. The summed E-state index contributed by atoms with van der Waals surface area (Å²) in [4.78, 5) is 56.4. The summed E-state index contributed by atoms with van der Waals surface area (Å²) in [6.07, 6.45) is 8.49. The monoisotopic (exact) mass is 1100 g/mol. The van der Waals surface area contributed by atoms with Crippen LogP contribution in [0.25, 0.3) is 11.1 Å². The molecule has 17 heteroatoms. The number of fused-ring (bicyclic) bond motifs is 1. The van der Waals surface area contributed by atoms with Gasteiger partial charge in [0.1, 0.15) is 11.6 Å². The molecular weight excluding hydrogens is 1010 g/mol. The number of piperidine rings is 1. The molecule has 426 valence electrons. The van der Waals surface area contributed by atoms with Gasteiger partial charge in [0.2, 0.25) is 11.8 Å². The van der Waals surface area contributed by atoms with E-state index in [1.165, 1.54) is 0 Å². The molecule has 5 atom stereocenters. The number of amides is 4. The summed E-state index contributed by atoms with van der Waals surface area (Å²) in [7, 11) is 0. The molecule has 2 fully saturated rings. The lowest BCUT2D eigenvalue weighted by Crippen LogP contribution is -2.50. The maximum Gasteiger partial charge on any atom is 0.264 e. The van der Waals surface area contributed by atoms with Crippen LogP contribution in [0.3, 0.4) is 0 Å². The summed E-state index contributed by atoms with van der Waals surface area (Å²) < 4.78 is 33.9. The molecule has 0 aromatic heterocycles. The topological polar surface area (TPSA) is 190 Å². The molecule has 3 unspecified atom stereocenters. The summed E-state index contributed by atoms with van der Waals surface area (Å²) in [6.45, 7) is 19.0. The van der Waals surface area contributed by atoms with E-state index in [-0.39, 0.29) is 71.0 Å². The number of anilines is 2. The van der Waals surface area contributed by atoms with Crippen LogP contribution in [-0.4, -0.2) is 140 Å². The van der Waals surface area contributed by atoms with Gasteiger partial charge in [-0.3, -0.25) is 19.2 Å². The first-order valence-electron chi connectivity index (χ1n) is 28.1. The van der Waals surface area contributed by atoms with Crippen molar-refractivity contribution < 1.29 is 47.6 Å². The Morgan fingerprint density at radius 3 is 2.01 bits per heavy atom. The van der Waals surface area contributed by atoms with Crippen LogP contribution in [0.1, 0.15) is 108 Å². The number of carbonyl (C=O) groups is 4. The third-order valence-corrected chi connectivity index (χ3v) is 15.1. The lowest BCUT2D eigenvalue weighted by Gasteiger charge is -2.39. The maximum absolute atomic E-state index is 13.8. The third-order valence-electron chi connectivity index (χ3n) is 14.9. The zero-order valence-electron chi connectivity index (χ0n) is 47.0. The average molecular weight is 1100 g/mol. The summed E-state index contributed by atoms with van der Waals surface area (Å²) >= 11 is 6.13. The molecule has 0 bridgehead atoms. The highest BCUT2D eigenvalue weighted by Gasteiger charge is 2.37. The Bertz CT molecular complexity index is 2440. The Balaban J connectivity index is 0.771. The van der Waals surface area contributed by atoms with Gasteiger partial charge in [0, 0.05) is 74.3 Å². The normalized spacial score (nSPS) is 20.0. The predicted molar refractivity (Wildman–Crippen MR) is 304 cm³/mol. The first kappa shape index (κ1) is 61.8. The van der Waals surface area contributed by atoms with E-state index in [0.29, 0.717) is 109 Å². The maximum atomic E-state index is 13.8. The van der Waals surface area contributed by atoms with Crippen molar-refractivity contribution in [2.45, 2.75) is 98.6 Å². The number of likely N-dealkylation sites (tertiary alicyclic amines) is 1. The van der Waals surface area contributed by atoms with E-state index in [4.69, 9.17) is 40.0 Å². The molecule has 78 heavy (non-hydrogen) atoms. The number of hydrogen-bond acceptors (Lipinski definition) is 12. The molecular formula is C61H85ClN6O10. The number of ether oxygens (including phenoxy) is 6. The minimum atomic E-state index is -0.368. The molecule has 16 nitrogen and oxygen atoms in total. The van der Waals surface area contributed by atoms with Crippen molar-refractivity contribution in [3.05, 3.63) is 94.5 Å². The van der Waals surface area contributed by atoms with Gasteiger partial charge >= 0.3 is 0 Å². The minimum absolute atomic E-state index is 0.00368. The van der Waals surface area contributed by atoms with E-state index in [0.717, 1.165) is 79.8 Å². The van der Waals surface area contributed by atoms with Crippen molar-refractivity contribution in [3.8, 4) is 17.2 Å². The van der Waals surface area contributed by atoms with Crippen LogP contribution in [0, 0.1) is 40.4 Å². The molecule has 3 aromatic carbocycles. The van der Waals surface area contributed by atoms with Gasteiger partial charge in [-0.1, -0.05) is 76.4 Å². The second-order valence-electron chi connectivity index (χ2n) is 21.9. The van der Waals surface area contributed by atoms with Crippen LogP contribution in [-0.2, 0) is 42.8 Å². The fraction of sp³-hybridized carbons (Fsp3) is 0.590. The molecule has 3 aliphatic heterocycles. The molecule has 6 rings (SSSR count). The number of nitrogens with zero attached hydrogens (tertiary/aromatic N) is 3. The molecule has 3 N–H and O–H groups in total. The van der Waals surface area contributed by atoms with Gasteiger partial charge in [0.25, 0.3) is 11.8 Å². The Kier molecular flexibility index (Phi) is 25.4. The van der Waals surface area contributed by atoms with Crippen LogP contribution < -0.4 is 20.9 Å². The average Bonchev–Trinajstić information content (AvgIpc) is 3.48. The van der Waals surface area contributed by atoms with E-state index in [1.807, 2.05) is 71.6 Å². The summed E-state index contributed by atoms with van der Waals surface area (Å²) in [6, 6.07) is 23.5. The first-order chi connectivity index (χ1) is 37.6. The highest BCUT2D eigenvalue weighted by atomic mass is 35.5. The summed E-state index contributed by atoms with van der Waals surface area (Å²) in [5.41, 5.74) is 5.19. The molecule has 0 radical (unpaired) electrons. The molecule has 2 saturated heterocycles. The molecule has 0 aliphatic carbocycles. The second kappa shape index (κ2) is 32.0. The Labute approximate surface area is 468 Å². The lowest BCUT2D eigenvalue weighted by atomic mass is 9.78. The largest absolute Gasteiger partial charge is 0.381 e. The standard InChI is InChI=1S/C61H85ClN6O10/c1-43(2)50-36-51(42-67(41-50)60(72)52(40-63)39-61(5,6)38-46-9-7-8-23-73-24-20-46)59(71)65-22-26-75-28-30-77-32-34-78-33-31-76-29-27-74-25-21-64-58(70)48-12-10-47(11-13-48)49-14-19-57-55(37-49)56(35-44(3)68(57)45(4)69)66-54-17-15-53(62)16-18-54/h10-19,37,39,43-44,46,50-51,56,66H,7-9,20-36,38,41-42H2,1-6H3,(H,64,70)(H,65,71)/b52-39+/t44-,46?,50?,51?,56+/m0/s1. The number of allylic oxidation sites excluding steroid dienone is 1. The highest BCUT2D eigenvalue weighted by Crippen LogP contribution is 2.42. The SMILES string of the molecule is CC(=O)N1c2ccc(-c3ccc(C(=O)NCCOCCOCCOCCOCCOCCNC(=O)C4CC(C(C)C)CN(C(=O)/C(C#N)=C/C(C)(C)CC5CCCCOCC5)C4)cc3)cc2[C@H](Nc2ccc(Cl)cc2)C[C@@H]1C.